The summed E-state index contributed by atoms with van der Waals surface area (Å²) in [5.74, 6) is 1.17. The van der Waals surface area contributed by atoms with Gasteiger partial charge in [0.25, 0.3) is 0 Å². The fourth-order valence-corrected chi connectivity index (χ4v) is 2.48. The van der Waals surface area contributed by atoms with Gasteiger partial charge in [-0.25, -0.2) is 4.79 Å². The molecule has 2 nitrogen and oxygen atoms in total. The molecule has 0 unspecified atom stereocenters. The van der Waals surface area contributed by atoms with E-state index in [1.165, 1.54) is 25.7 Å². The van der Waals surface area contributed by atoms with Crippen LogP contribution in [0.15, 0.2) is 11.6 Å². The number of hydrogen-bond donors (Lipinski definition) is 0. The van der Waals surface area contributed by atoms with Crippen molar-refractivity contribution in [1.82, 2.24) is 0 Å². The van der Waals surface area contributed by atoms with Gasteiger partial charge in [-0.1, -0.05) is 25.8 Å². The Kier molecular flexibility index (Phi) is 4.79. The van der Waals surface area contributed by atoms with Crippen molar-refractivity contribution in [2.75, 3.05) is 0 Å². The Morgan fingerprint density at radius 3 is 2.24 bits per heavy atom. The molecule has 0 aliphatic heterocycles. The predicted octanol–water partition coefficient (Wildman–Crippen LogP) is 4.10. The summed E-state index contributed by atoms with van der Waals surface area (Å²) in [7, 11) is 0. The van der Waals surface area contributed by atoms with Crippen molar-refractivity contribution in [3.05, 3.63) is 11.6 Å². The summed E-state index contributed by atoms with van der Waals surface area (Å²) in [5.41, 5.74) is 0.365. The second-order valence-corrected chi connectivity index (χ2v) is 5.92. The molecule has 0 bridgehead atoms. The smallest absolute Gasteiger partial charge is 0.333 e. The van der Waals surface area contributed by atoms with E-state index in [0.29, 0.717) is 11.5 Å². The van der Waals surface area contributed by atoms with E-state index in [9.17, 15) is 4.79 Å². The molecule has 0 aromatic rings. The molecular formula is C15H26O2. The Labute approximate surface area is 105 Å². The maximum Gasteiger partial charge on any atom is 0.333 e. The molecule has 98 valence electrons. The first-order chi connectivity index (χ1) is 7.86. The highest BCUT2D eigenvalue weighted by Gasteiger charge is 2.35. The average molecular weight is 238 g/mol. The standard InChI is InChI=1S/C15H26O2/c1-6-12(3)14(16)17-15(4,5)13-9-7-11(2)8-10-13/h6,11,13H,7-10H2,1-5H3/b12-6-. The normalized spacial score (nSPS) is 26.8. The highest BCUT2D eigenvalue weighted by molar-refractivity contribution is 5.87. The average Bonchev–Trinajstić information content (AvgIpc) is 2.27. The molecule has 0 aromatic heterocycles. The summed E-state index contributed by atoms with van der Waals surface area (Å²) in [4.78, 5) is 11.8. The number of esters is 1. The largest absolute Gasteiger partial charge is 0.456 e. The lowest BCUT2D eigenvalue weighted by molar-refractivity contribution is -0.158. The van der Waals surface area contributed by atoms with Crippen LogP contribution in [0.2, 0.25) is 0 Å². The minimum Gasteiger partial charge on any atom is -0.456 e. The van der Waals surface area contributed by atoms with Gasteiger partial charge in [0.2, 0.25) is 0 Å². The van der Waals surface area contributed by atoms with Crippen molar-refractivity contribution in [2.24, 2.45) is 11.8 Å². The van der Waals surface area contributed by atoms with Crippen molar-refractivity contribution >= 4 is 5.97 Å². The summed E-state index contributed by atoms with van der Waals surface area (Å²) in [6.07, 6.45) is 6.68. The summed E-state index contributed by atoms with van der Waals surface area (Å²) >= 11 is 0. The Morgan fingerprint density at radius 2 is 1.76 bits per heavy atom. The van der Waals surface area contributed by atoms with Crippen molar-refractivity contribution < 1.29 is 9.53 Å². The number of allylic oxidation sites excluding steroid dienone is 1. The van der Waals surface area contributed by atoms with Crippen LogP contribution in [0.3, 0.4) is 0 Å². The quantitative estimate of drug-likeness (QED) is 0.546. The van der Waals surface area contributed by atoms with Crippen LogP contribution in [0.25, 0.3) is 0 Å². The monoisotopic (exact) mass is 238 g/mol. The maximum absolute atomic E-state index is 11.8. The molecule has 1 fully saturated rings. The van der Waals surface area contributed by atoms with Gasteiger partial charge in [0, 0.05) is 5.57 Å². The van der Waals surface area contributed by atoms with Gasteiger partial charge in [0.05, 0.1) is 0 Å². The van der Waals surface area contributed by atoms with E-state index in [1.807, 2.05) is 6.92 Å². The van der Waals surface area contributed by atoms with Gasteiger partial charge in [0.15, 0.2) is 0 Å². The van der Waals surface area contributed by atoms with Crippen LogP contribution < -0.4 is 0 Å². The molecular weight excluding hydrogens is 212 g/mol. The molecule has 0 atom stereocenters. The summed E-state index contributed by atoms with van der Waals surface area (Å²) in [6.45, 7) is 10.1. The first kappa shape index (κ1) is 14.3. The summed E-state index contributed by atoms with van der Waals surface area (Å²) in [6, 6.07) is 0. The number of ether oxygens (including phenoxy) is 1. The first-order valence-electron chi connectivity index (χ1n) is 6.73. The van der Waals surface area contributed by atoms with Crippen molar-refractivity contribution in [3.63, 3.8) is 0 Å². The van der Waals surface area contributed by atoms with E-state index in [2.05, 4.69) is 20.8 Å². The Balaban J connectivity index is 2.59. The lowest BCUT2D eigenvalue weighted by atomic mass is 9.75. The maximum atomic E-state index is 11.8. The third-order valence-electron chi connectivity index (χ3n) is 4.11. The molecule has 0 radical (unpaired) electrons. The molecule has 0 aromatic carbocycles. The topological polar surface area (TPSA) is 26.3 Å². The number of rotatable bonds is 3. The van der Waals surface area contributed by atoms with E-state index in [-0.39, 0.29) is 11.6 Å². The fraction of sp³-hybridized carbons (Fsp3) is 0.800. The lowest BCUT2D eigenvalue weighted by Gasteiger charge is -2.38. The van der Waals surface area contributed by atoms with Gasteiger partial charge in [-0.05, 0) is 52.4 Å². The fourth-order valence-electron chi connectivity index (χ4n) is 2.48. The zero-order valence-electron chi connectivity index (χ0n) is 11.9. The third-order valence-corrected chi connectivity index (χ3v) is 4.11. The molecule has 1 rings (SSSR count). The van der Waals surface area contributed by atoms with Gasteiger partial charge >= 0.3 is 5.97 Å². The van der Waals surface area contributed by atoms with E-state index in [0.717, 1.165) is 5.92 Å². The van der Waals surface area contributed by atoms with Gasteiger partial charge in [-0.3, -0.25) is 0 Å². The third kappa shape index (κ3) is 3.86. The summed E-state index contributed by atoms with van der Waals surface area (Å²) in [5, 5.41) is 0. The highest BCUT2D eigenvalue weighted by atomic mass is 16.6. The number of carbonyl (C=O) groups is 1. The molecule has 0 N–H and O–H groups in total. The van der Waals surface area contributed by atoms with Crippen LogP contribution in [0.4, 0.5) is 0 Å². The first-order valence-corrected chi connectivity index (χ1v) is 6.73. The van der Waals surface area contributed by atoms with Gasteiger partial charge in [0.1, 0.15) is 5.60 Å². The minimum atomic E-state index is -0.332. The Bertz CT molecular complexity index is 294. The Hall–Kier alpha value is -0.790. The van der Waals surface area contributed by atoms with Gasteiger partial charge in [-0.15, -0.1) is 0 Å². The SMILES string of the molecule is C/C=C(/C)C(=O)OC(C)(C)C1CCC(C)CC1. The van der Waals surface area contributed by atoms with Crippen LogP contribution in [-0.4, -0.2) is 11.6 Å². The van der Waals surface area contributed by atoms with Crippen LogP contribution in [-0.2, 0) is 9.53 Å². The van der Waals surface area contributed by atoms with E-state index >= 15 is 0 Å². The second kappa shape index (κ2) is 5.70. The van der Waals surface area contributed by atoms with Crippen molar-refractivity contribution in [2.45, 2.75) is 65.9 Å². The molecule has 0 heterocycles. The van der Waals surface area contributed by atoms with Crippen LogP contribution in [0, 0.1) is 11.8 Å². The van der Waals surface area contributed by atoms with Crippen molar-refractivity contribution in [1.29, 1.82) is 0 Å². The molecule has 1 aliphatic rings. The Morgan fingerprint density at radius 1 is 1.24 bits per heavy atom. The van der Waals surface area contributed by atoms with E-state index in [1.54, 1.807) is 13.0 Å². The molecule has 0 spiro atoms. The minimum absolute atomic E-state index is 0.170. The zero-order chi connectivity index (χ0) is 13.1. The molecule has 1 aliphatic carbocycles. The number of carbonyl (C=O) groups excluding carboxylic acids is 1. The van der Waals surface area contributed by atoms with Gasteiger partial charge < -0.3 is 4.74 Å². The molecule has 0 saturated heterocycles. The van der Waals surface area contributed by atoms with E-state index in [4.69, 9.17) is 4.74 Å². The molecule has 17 heavy (non-hydrogen) atoms. The van der Waals surface area contributed by atoms with Crippen LogP contribution >= 0.6 is 0 Å². The predicted molar refractivity (Wildman–Crippen MR) is 70.7 cm³/mol. The molecule has 2 heteroatoms. The summed E-state index contributed by atoms with van der Waals surface area (Å²) < 4.78 is 5.66. The van der Waals surface area contributed by atoms with Crippen LogP contribution in [0.1, 0.15) is 60.3 Å². The highest BCUT2D eigenvalue weighted by Crippen LogP contribution is 2.37. The second-order valence-electron chi connectivity index (χ2n) is 5.92. The molecule has 1 saturated carbocycles. The lowest BCUT2D eigenvalue weighted by Crippen LogP contribution is -2.38. The molecule has 0 amide bonds. The van der Waals surface area contributed by atoms with Gasteiger partial charge in [-0.2, -0.15) is 0 Å². The zero-order valence-corrected chi connectivity index (χ0v) is 11.9. The van der Waals surface area contributed by atoms with Crippen LogP contribution in [0.5, 0.6) is 0 Å². The van der Waals surface area contributed by atoms with E-state index < -0.39 is 0 Å². The van der Waals surface area contributed by atoms with Crippen molar-refractivity contribution in [3.8, 4) is 0 Å². The number of hydrogen-bond acceptors (Lipinski definition) is 2.